The third kappa shape index (κ3) is 3.65. The maximum Gasteiger partial charge on any atom is 0.459 e. The summed E-state index contributed by atoms with van der Waals surface area (Å²) in [6.07, 6.45) is -5.93. The van der Waals surface area contributed by atoms with Crippen LogP contribution in [0.25, 0.3) is 22.7 Å². The lowest BCUT2D eigenvalue weighted by Gasteiger charge is -2.17. The first-order valence-electron chi connectivity index (χ1n) is 8.75. The molecule has 9 nitrogen and oxygen atoms in total. The molecule has 3 rings (SSSR count). The average Bonchev–Trinajstić information content (AvgIpc) is 3.02. The number of imidazole rings is 1. The molecule has 0 saturated heterocycles. The number of carbonyl (C=O) groups is 1. The van der Waals surface area contributed by atoms with Gasteiger partial charge in [-0.05, 0) is 24.6 Å². The van der Waals surface area contributed by atoms with Crippen LogP contribution in [0, 0.1) is 6.92 Å². The van der Waals surface area contributed by atoms with Crippen LogP contribution in [0.2, 0.25) is 0 Å². The summed E-state index contributed by atoms with van der Waals surface area (Å²) in [5, 5.41) is 15.7. The van der Waals surface area contributed by atoms with Gasteiger partial charge in [-0.1, -0.05) is 6.92 Å². The van der Waals surface area contributed by atoms with E-state index in [9.17, 15) is 40.3 Å². The van der Waals surface area contributed by atoms with Crippen LogP contribution in [-0.4, -0.2) is 56.2 Å². The maximum atomic E-state index is 13.7. The van der Waals surface area contributed by atoms with Gasteiger partial charge in [0.1, 0.15) is 16.9 Å². The predicted molar refractivity (Wildman–Crippen MR) is 98.9 cm³/mol. The Labute approximate surface area is 176 Å². The van der Waals surface area contributed by atoms with Crippen molar-refractivity contribution in [2.24, 2.45) is 7.05 Å². The van der Waals surface area contributed by atoms with Crippen LogP contribution in [0.5, 0.6) is 0 Å². The first-order chi connectivity index (χ1) is 14.6. The molecule has 0 saturated carbocycles. The van der Waals surface area contributed by atoms with Crippen LogP contribution in [0.1, 0.15) is 28.7 Å². The zero-order valence-corrected chi connectivity index (χ0v) is 17.4. The van der Waals surface area contributed by atoms with E-state index in [4.69, 9.17) is 0 Å². The molecule has 0 radical (unpaired) electrons. The molecule has 3 heterocycles. The molecule has 0 aliphatic rings. The Bertz CT molecular complexity index is 1350. The molecule has 1 N–H and O–H groups in total. The number of carboxylic acid groups (broad SMARTS) is 1. The lowest BCUT2D eigenvalue weighted by atomic mass is 10.2. The average molecular weight is 479 g/mol. The molecule has 0 atom stereocenters. The molecule has 3 aromatic heterocycles. The summed E-state index contributed by atoms with van der Waals surface area (Å²) in [6.45, 7) is 2.67. The van der Waals surface area contributed by atoms with Crippen molar-refractivity contribution in [3.8, 4) is 11.5 Å². The number of carboxylic acids is 1. The van der Waals surface area contributed by atoms with E-state index in [0.29, 0.717) is 6.07 Å². The number of rotatable bonds is 5. The van der Waals surface area contributed by atoms with Gasteiger partial charge in [0, 0.05) is 7.05 Å². The van der Waals surface area contributed by atoms with Gasteiger partial charge in [0.2, 0.25) is 0 Å². The summed E-state index contributed by atoms with van der Waals surface area (Å²) < 4.78 is 91.5. The van der Waals surface area contributed by atoms with Crippen LogP contribution in [0.4, 0.5) is 22.0 Å². The number of alkyl halides is 5. The van der Waals surface area contributed by atoms with E-state index in [0.717, 1.165) is 10.6 Å². The van der Waals surface area contributed by atoms with E-state index in [1.807, 2.05) is 0 Å². The number of hydrogen-bond donors (Lipinski definition) is 1. The SMILES string of the molecule is CCS(=O)(=O)c1cc(C)c(C(=O)O)nc1-c1nc2cc(C(F)(F)C(F)(F)F)nnc2n1C. The Balaban J connectivity index is 2.34. The summed E-state index contributed by atoms with van der Waals surface area (Å²) in [5.41, 5.74) is -3.26. The third-order valence-corrected chi connectivity index (χ3v) is 6.34. The number of halogens is 5. The molecule has 0 amide bonds. The number of nitrogens with zero attached hydrogens (tertiary/aromatic N) is 5. The maximum absolute atomic E-state index is 13.7. The van der Waals surface area contributed by atoms with Gasteiger partial charge in [-0.25, -0.2) is 23.2 Å². The summed E-state index contributed by atoms with van der Waals surface area (Å²) >= 11 is 0. The van der Waals surface area contributed by atoms with Gasteiger partial charge in [-0.3, -0.25) is 0 Å². The predicted octanol–water partition coefficient (Wildman–Crippen LogP) is 2.88. The number of fused-ring (bicyclic) bond motifs is 1. The number of aromatic nitrogens is 5. The molecule has 0 bridgehead atoms. The summed E-state index contributed by atoms with van der Waals surface area (Å²) in [5.74, 6) is -7.45. The van der Waals surface area contributed by atoms with E-state index >= 15 is 0 Å². The van der Waals surface area contributed by atoms with Crippen molar-refractivity contribution >= 4 is 27.0 Å². The van der Waals surface area contributed by atoms with Crippen LogP contribution in [-0.2, 0) is 22.8 Å². The standard InChI is InChI=1S/C17H14F5N5O4S/c1-4-32(30,31)9-5-7(2)11(15(28)29)24-12(9)14-23-8-6-10(16(18,19)17(20,21)22)25-26-13(8)27(14)3/h5-6H,4H2,1-3H3,(H,28,29). The second-order valence-corrected chi connectivity index (χ2v) is 8.96. The fourth-order valence-electron chi connectivity index (χ4n) is 2.85. The van der Waals surface area contributed by atoms with Gasteiger partial charge in [0.05, 0.1) is 10.6 Å². The normalized spacial score (nSPS) is 13.0. The largest absolute Gasteiger partial charge is 0.477 e. The van der Waals surface area contributed by atoms with E-state index in [1.165, 1.54) is 20.9 Å². The zero-order valence-electron chi connectivity index (χ0n) is 16.6. The Morgan fingerprint density at radius 1 is 1.12 bits per heavy atom. The highest BCUT2D eigenvalue weighted by Crippen LogP contribution is 2.43. The van der Waals surface area contributed by atoms with Gasteiger partial charge < -0.3 is 9.67 Å². The highest BCUT2D eigenvalue weighted by Gasteiger charge is 2.60. The minimum atomic E-state index is -5.93. The zero-order chi connectivity index (χ0) is 24.2. The fraction of sp³-hybridized carbons (Fsp3) is 0.353. The number of pyridine rings is 1. The number of aromatic carboxylic acids is 1. The Morgan fingerprint density at radius 3 is 2.28 bits per heavy atom. The molecule has 32 heavy (non-hydrogen) atoms. The molecule has 0 fully saturated rings. The van der Waals surface area contributed by atoms with Crippen molar-refractivity contribution in [1.82, 2.24) is 24.7 Å². The molecule has 0 unspecified atom stereocenters. The van der Waals surface area contributed by atoms with E-state index in [2.05, 4.69) is 20.2 Å². The topological polar surface area (TPSA) is 128 Å². The number of aryl methyl sites for hydroxylation is 2. The van der Waals surface area contributed by atoms with Crippen LogP contribution < -0.4 is 0 Å². The first kappa shape index (κ1) is 23.4. The summed E-state index contributed by atoms with van der Waals surface area (Å²) in [6, 6.07) is 1.46. The molecule has 0 spiro atoms. The van der Waals surface area contributed by atoms with Gasteiger partial charge in [0.15, 0.2) is 27.0 Å². The second-order valence-electron chi connectivity index (χ2n) is 6.71. The highest BCUT2D eigenvalue weighted by molar-refractivity contribution is 7.91. The highest BCUT2D eigenvalue weighted by atomic mass is 32.2. The van der Waals surface area contributed by atoms with Crippen LogP contribution in [0.15, 0.2) is 17.0 Å². The number of sulfone groups is 1. The van der Waals surface area contributed by atoms with Crippen molar-refractivity contribution < 1.29 is 40.3 Å². The molecule has 0 aliphatic carbocycles. The third-order valence-electron chi connectivity index (χ3n) is 4.60. The van der Waals surface area contributed by atoms with Gasteiger partial charge >= 0.3 is 18.1 Å². The van der Waals surface area contributed by atoms with Gasteiger partial charge in [0.25, 0.3) is 0 Å². The van der Waals surface area contributed by atoms with Crippen molar-refractivity contribution in [3.63, 3.8) is 0 Å². The molecule has 3 aromatic rings. The fourth-order valence-corrected chi connectivity index (χ4v) is 3.95. The van der Waals surface area contributed by atoms with E-state index < -0.39 is 50.5 Å². The Kier molecular flexibility index (Phi) is 5.44. The molecular formula is C17H14F5N5O4S. The van der Waals surface area contributed by atoms with Crippen molar-refractivity contribution in [2.45, 2.75) is 30.8 Å². The van der Waals surface area contributed by atoms with E-state index in [-0.39, 0.29) is 27.7 Å². The minimum Gasteiger partial charge on any atom is -0.477 e. The minimum absolute atomic E-state index is 0.0407. The molecule has 0 aromatic carbocycles. The monoisotopic (exact) mass is 479 g/mol. The van der Waals surface area contributed by atoms with Crippen LogP contribution in [0.3, 0.4) is 0 Å². The molecule has 172 valence electrons. The molecule has 0 aliphatic heterocycles. The summed E-state index contributed by atoms with van der Waals surface area (Å²) in [4.78, 5) is 18.9. The summed E-state index contributed by atoms with van der Waals surface area (Å²) in [7, 11) is -2.69. The van der Waals surface area contributed by atoms with Crippen molar-refractivity contribution in [2.75, 3.05) is 5.75 Å². The second kappa shape index (κ2) is 7.43. The first-order valence-corrected chi connectivity index (χ1v) is 10.4. The Morgan fingerprint density at radius 2 is 1.75 bits per heavy atom. The lowest BCUT2D eigenvalue weighted by molar-refractivity contribution is -0.291. The quantitative estimate of drug-likeness (QED) is 0.554. The van der Waals surface area contributed by atoms with Gasteiger partial charge in [-0.2, -0.15) is 22.0 Å². The molecule has 15 heteroatoms. The lowest BCUT2D eigenvalue weighted by Crippen LogP contribution is -2.34. The number of hydrogen-bond acceptors (Lipinski definition) is 7. The van der Waals surface area contributed by atoms with E-state index in [1.54, 1.807) is 0 Å². The molecular weight excluding hydrogens is 465 g/mol. The van der Waals surface area contributed by atoms with Gasteiger partial charge in [-0.15, -0.1) is 10.2 Å². The van der Waals surface area contributed by atoms with Crippen LogP contribution >= 0.6 is 0 Å². The Hall–Kier alpha value is -3.23. The smallest absolute Gasteiger partial charge is 0.459 e. The van der Waals surface area contributed by atoms with Crippen molar-refractivity contribution in [3.05, 3.63) is 29.1 Å². The van der Waals surface area contributed by atoms with Crippen molar-refractivity contribution in [1.29, 1.82) is 0 Å².